The largest absolute Gasteiger partial charge is 0.484 e. The van der Waals surface area contributed by atoms with Crippen molar-refractivity contribution in [2.75, 3.05) is 6.61 Å². The van der Waals surface area contributed by atoms with Gasteiger partial charge in [0.15, 0.2) is 6.61 Å². The molecule has 0 saturated heterocycles. The van der Waals surface area contributed by atoms with Gasteiger partial charge in [0, 0.05) is 10.0 Å². The van der Waals surface area contributed by atoms with Crippen LogP contribution in [0.4, 0.5) is 0 Å². The van der Waals surface area contributed by atoms with Crippen LogP contribution in [0.3, 0.4) is 0 Å². The molecule has 3 rings (SSSR count). The third-order valence-corrected chi connectivity index (χ3v) is 5.05. The topological polar surface area (TPSA) is 77.0 Å². The third kappa shape index (κ3) is 6.78. The molecular formula is C25H23BrN2O4. The Morgan fingerprint density at radius 3 is 2.44 bits per heavy atom. The van der Waals surface area contributed by atoms with Gasteiger partial charge in [-0.15, -0.1) is 0 Å². The Morgan fingerprint density at radius 2 is 1.75 bits per heavy atom. The SMILES string of the molecule is CCc1ccc(OCC(=O)N/N=C\c2cc(Br)ccc2OC(=O)c2ccc(C)cc2)cc1. The van der Waals surface area contributed by atoms with Crippen molar-refractivity contribution in [1.29, 1.82) is 0 Å². The van der Waals surface area contributed by atoms with Gasteiger partial charge in [0.05, 0.1) is 11.8 Å². The fourth-order valence-electron chi connectivity index (χ4n) is 2.74. The van der Waals surface area contributed by atoms with Crippen molar-refractivity contribution in [1.82, 2.24) is 5.43 Å². The minimum absolute atomic E-state index is 0.170. The lowest BCUT2D eigenvalue weighted by molar-refractivity contribution is -0.123. The van der Waals surface area contributed by atoms with E-state index in [1.54, 1.807) is 30.3 Å². The monoisotopic (exact) mass is 494 g/mol. The first kappa shape index (κ1) is 23.2. The fourth-order valence-corrected chi connectivity index (χ4v) is 3.12. The van der Waals surface area contributed by atoms with Crippen LogP contribution >= 0.6 is 15.9 Å². The van der Waals surface area contributed by atoms with E-state index in [0.29, 0.717) is 22.6 Å². The average Bonchev–Trinajstić information content (AvgIpc) is 2.80. The summed E-state index contributed by atoms with van der Waals surface area (Å²) in [6, 6.07) is 19.8. The standard InChI is InChI=1S/C25H23BrN2O4/c1-3-18-6-11-22(12-7-18)31-16-24(29)28-27-15-20-14-21(26)10-13-23(20)32-25(30)19-8-4-17(2)5-9-19/h4-15H,3,16H2,1-2H3,(H,28,29)/b27-15-. The van der Waals surface area contributed by atoms with Gasteiger partial charge < -0.3 is 9.47 Å². The van der Waals surface area contributed by atoms with Gasteiger partial charge in [0.25, 0.3) is 5.91 Å². The van der Waals surface area contributed by atoms with E-state index < -0.39 is 11.9 Å². The van der Waals surface area contributed by atoms with Crippen molar-refractivity contribution in [3.8, 4) is 11.5 Å². The summed E-state index contributed by atoms with van der Waals surface area (Å²) in [5, 5.41) is 3.96. The van der Waals surface area contributed by atoms with Crippen molar-refractivity contribution in [2.45, 2.75) is 20.3 Å². The van der Waals surface area contributed by atoms with Crippen LogP contribution in [0, 0.1) is 6.92 Å². The molecule has 3 aromatic carbocycles. The molecule has 0 spiro atoms. The smallest absolute Gasteiger partial charge is 0.343 e. The van der Waals surface area contributed by atoms with E-state index in [2.05, 4.69) is 33.4 Å². The van der Waals surface area contributed by atoms with Crippen LogP contribution in [0.25, 0.3) is 0 Å². The highest BCUT2D eigenvalue weighted by molar-refractivity contribution is 9.10. The van der Waals surface area contributed by atoms with Gasteiger partial charge in [-0.2, -0.15) is 5.10 Å². The number of hydrogen-bond acceptors (Lipinski definition) is 5. The first-order chi connectivity index (χ1) is 15.4. The van der Waals surface area contributed by atoms with Crippen molar-refractivity contribution in [3.63, 3.8) is 0 Å². The molecule has 0 atom stereocenters. The minimum atomic E-state index is -0.478. The summed E-state index contributed by atoms with van der Waals surface area (Å²) in [7, 11) is 0. The van der Waals surface area contributed by atoms with Gasteiger partial charge in [-0.25, -0.2) is 10.2 Å². The lowest BCUT2D eigenvalue weighted by Gasteiger charge is -2.08. The summed E-state index contributed by atoms with van der Waals surface area (Å²) in [4.78, 5) is 24.5. The van der Waals surface area contributed by atoms with Gasteiger partial charge in [0.1, 0.15) is 11.5 Å². The molecule has 0 radical (unpaired) electrons. The van der Waals surface area contributed by atoms with E-state index in [1.807, 2.05) is 43.3 Å². The second-order valence-corrected chi connectivity index (χ2v) is 7.93. The number of aryl methyl sites for hydroxylation is 2. The molecule has 0 bridgehead atoms. The van der Waals surface area contributed by atoms with E-state index in [0.717, 1.165) is 16.5 Å². The molecule has 1 amide bonds. The first-order valence-electron chi connectivity index (χ1n) is 10.1. The number of hydrogen-bond donors (Lipinski definition) is 1. The molecule has 0 aliphatic carbocycles. The Kier molecular flexibility index (Phi) is 8.16. The predicted octanol–water partition coefficient (Wildman–Crippen LogP) is 5.07. The lowest BCUT2D eigenvalue weighted by Crippen LogP contribution is -2.24. The summed E-state index contributed by atoms with van der Waals surface area (Å²) >= 11 is 3.39. The molecule has 6 nitrogen and oxygen atoms in total. The van der Waals surface area contributed by atoms with Crippen molar-refractivity contribution in [3.05, 3.63) is 93.5 Å². The highest BCUT2D eigenvalue weighted by Crippen LogP contribution is 2.23. The first-order valence-corrected chi connectivity index (χ1v) is 10.9. The number of ether oxygens (including phenoxy) is 2. The van der Waals surface area contributed by atoms with Crippen LogP contribution in [0.15, 0.2) is 76.3 Å². The van der Waals surface area contributed by atoms with Gasteiger partial charge in [-0.1, -0.05) is 52.7 Å². The fraction of sp³-hybridized carbons (Fsp3) is 0.160. The number of nitrogens with zero attached hydrogens (tertiary/aromatic N) is 1. The number of amides is 1. The number of halogens is 1. The number of esters is 1. The maximum absolute atomic E-state index is 12.4. The molecule has 1 N–H and O–H groups in total. The second kappa shape index (κ2) is 11.2. The van der Waals surface area contributed by atoms with E-state index in [4.69, 9.17) is 9.47 Å². The van der Waals surface area contributed by atoms with Gasteiger partial charge in [0.2, 0.25) is 0 Å². The molecule has 164 valence electrons. The normalized spacial score (nSPS) is 10.7. The molecule has 0 saturated carbocycles. The van der Waals surface area contributed by atoms with Gasteiger partial charge >= 0.3 is 5.97 Å². The van der Waals surface area contributed by atoms with Gasteiger partial charge in [-0.3, -0.25) is 4.79 Å². The summed E-state index contributed by atoms with van der Waals surface area (Å²) < 4.78 is 11.8. The molecule has 0 heterocycles. The van der Waals surface area contributed by atoms with Crippen LogP contribution in [0.1, 0.15) is 34.0 Å². The van der Waals surface area contributed by atoms with E-state index in [1.165, 1.54) is 11.8 Å². The summed E-state index contributed by atoms with van der Waals surface area (Å²) in [6.07, 6.45) is 2.35. The number of hydrazone groups is 1. The molecule has 32 heavy (non-hydrogen) atoms. The Morgan fingerprint density at radius 1 is 1.03 bits per heavy atom. The van der Waals surface area contributed by atoms with Crippen LogP contribution in [-0.4, -0.2) is 24.7 Å². The van der Waals surface area contributed by atoms with Crippen LogP contribution in [0.2, 0.25) is 0 Å². The van der Waals surface area contributed by atoms with Crippen molar-refractivity contribution < 1.29 is 19.1 Å². The lowest BCUT2D eigenvalue weighted by atomic mass is 10.1. The predicted molar refractivity (Wildman–Crippen MR) is 127 cm³/mol. The molecule has 7 heteroatoms. The Bertz CT molecular complexity index is 1110. The Labute approximate surface area is 195 Å². The quantitative estimate of drug-likeness (QED) is 0.205. The van der Waals surface area contributed by atoms with Crippen LogP contribution in [0.5, 0.6) is 11.5 Å². The Balaban J connectivity index is 1.59. The maximum atomic E-state index is 12.4. The number of carbonyl (C=O) groups is 2. The van der Waals surface area contributed by atoms with Crippen LogP contribution in [-0.2, 0) is 11.2 Å². The molecule has 0 aliphatic heterocycles. The van der Waals surface area contributed by atoms with E-state index in [9.17, 15) is 9.59 Å². The zero-order valence-corrected chi connectivity index (χ0v) is 19.4. The van der Waals surface area contributed by atoms with Gasteiger partial charge in [-0.05, 0) is 61.4 Å². The highest BCUT2D eigenvalue weighted by atomic mass is 79.9. The molecule has 0 aliphatic rings. The third-order valence-electron chi connectivity index (χ3n) is 4.56. The number of carbonyl (C=O) groups excluding carboxylic acids is 2. The minimum Gasteiger partial charge on any atom is -0.484 e. The molecule has 0 fully saturated rings. The Hall–Kier alpha value is -3.45. The number of benzene rings is 3. The number of rotatable bonds is 8. The van der Waals surface area contributed by atoms with Crippen LogP contribution < -0.4 is 14.9 Å². The molecule has 0 aromatic heterocycles. The van der Waals surface area contributed by atoms with Crippen molar-refractivity contribution >= 4 is 34.0 Å². The summed E-state index contributed by atoms with van der Waals surface area (Å²) in [5.41, 5.74) is 5.62. The van der Waals surface area contributed by atoms with Crippen molar-refractivity contribution in [2.24, 2.45) is 5.10 Å². The molecular weight excluding hydrogens is 472 g/mol. The number of nitrogens with one attached hydrogen (secondary N) is 1. The second-order valence-electron chi connectivity index (χ2n) is 7.02. The average molecular weight is 495 g/mol. The summed E-state index contributed by atoms with van der Waals surface area (Å²) in [5.74, 6) is 0.0465. The zero-order valence-electron chi connectivity index (χ0n) is 17.8. The molecule has 0 unspecified atom stereocenters. The van der Waals surface area contributed by atoms with E-state index >= 15 is 0 Å². The highest BCUT2D eigenvalue weighted by Gasteiger charge is 2.11. The zero-order chi connectivity index (χ0) is 22.9. The summed E-state index contributed by atoms with van der Waals surface area (Å²) in [6.45, 7) is 3.85. The maximum Gasteiger partial charge on any atom is 0.343 e. The molecule has 3 aromatic rings. The van der Waals surface area contributed by atoms with E-state index in [-0.39, 0.29) is 6.61 Å².